The zero-order valence-corrected chi connectivity index (χ0v) is 9.34. The second-order valence-corrected chi connectivity index (χ2v) is 4.18. The summed E-state index contributed by atoms with van der Waals surface area (Å²) in [4.78, 5) is 2.58. The van der Waals surface area contributed by atoms with E-state index in [0.717, 1.165) is 12.0 Å². The van der Waals surface area contributed by atoms with Crippen LogP contribution in [0.4, 0.5) is 0 Å². The van der Waals surface area contributed by atoms with Crippen molar-refractivity contribution in [3.63, 3.8) is 0 Å². The second-order valence-electron chi connectivity index (χ2n) is 4.18. The van der Waals surface area contributed by atoms with E-state index in [1.54, 1.807) is 0 Å². The molecule has 2 atom stereocenters. The molecule has 0 aromatic carbocycles. The van der Waals surface area contributed by atoms with Gasteiger partial charge in [0.1, 0.15) is 0 Å². The molecule has 2 heteroatoms. The molecule has 2 nitrogen and oxygen atoms in total. The fraction of sp³-hybridized carbons (Fsp3) is 1.00. The molecule has 0 bridgehead atoms. The van der Waals surface area contributed by atoms with Gasteiger partial charge in [0.25, 0.3) is 0 Å². The van der Waals surface area contributed by atoms with Gasteiger partial charge in [-0.2, -0.15) is 0 Å². The van der Waals surface area contributed by atoms with Gasteiger partial charge in [0.05, 0.1) is 0 Å². The summed E-state index contributed by atoms with van der Waals surface area (Å²) in [5, 5.41) is 3.51. The summed E-state index contributed by atoms with van der Waals surface area (Å²) < 4.78 is 0. The average Bonchev–Trinajstić information content (AvgIpc) is 2.51. The van der Waals surface area contributed by atoms with Crippen LogP contribution >= 0.6 is 0 Å². The van der Waals surface area contributed by atoms with Crippen LogP contribution in [0.1, 0.15) is 33.6 Å². The number of nitrogens with zero attached hydrogens (tertiary/aromatic N) is 1. The van der Waals surface area contributed by atoms with Crippen LogP contribution in [-0.4, -0.2) is 37.1 Å². The van der Waals surface area contributed by atoms with Crippen LogP contribution in [-0.2, 0) is 0 Å². The van der Waals surface area contributed by atoms with Gasteiger partial charge in [-0.15, -0.1) is 0 Å². The zero-order valence-electron chi connectivity index (χ0n) is 9.34. The standard InChI is InChI=1S/C11H24N2/c1-4-8-13(5-2)9-11-6-7-12-10(11)3/h10-12H,4-9H2,1-3H3. The quantitative estimate of drug-likeness (QED) is 0.700. The number of hydrogen-bond acceptors (Lipinski definition) is 2. The monoisotopic (exact) mass is 184 g/mol. The first kappa shape index (κ1) is 11.0. The topological polar surface area (TPSA) is 15.3 Å². The normalized spacial score (nSPS) is 28.6. The molecular formula is C11H24N2. The predicted octanol–water partition coefficient (Wildman–Crippen LogP) is 1.72. The molecule has 0 amide bonds. The molecule has 2 unspecified atom stereocenters. The van der Waals surface area contributed by atoms with E-state index in [4.69, 9.17) is 0 Å². The first-order valence-electron chi connectivity index (χ1n) is 5.73. The Bertz CT molecular complexity index is 136. The summed E-state index contributed by atoms with van der Waals surface area (Å²) >= 11 is 0. The lowest BCUT2D eigenvalue weighted by atomic mass is 10.0. The summed E-state index contributed by atoms with van der Waals surface area (Å²) in [5.74, 6) is 0.881. The van der Waals surface area contributed by atoms with Crippen LogP contribution in [0.5, 0.6) is 0 Å². The van der Waals surface area contributed by atoms with E-state index in [1.165, 1.54) is 39.0 Å². The fourth-order valence-electron chi connectivity index (χ4n) is 2.19. The highest BCUT2D eigenvalue weighted by atomic mass is 15.1. The molecule has 0 aliphatic carbocycles. The smallest absolute Gasteiger partial charge is 0.00796 e. The minimum absolute atomic E-state index is 0.728. The van der Waals surface area contributed by atoms with Gasteiger partial charge < -0.3 is 10.2 Å². The van der Waals surface area contributed by atoms with Crippen molar-refractivity contribution in [1.82, 2.24) is 10.2 Å². The Labute approximate surface area is 82.7 Å². The van der Waals surface area contributed by atoms with Gasteiger partial charge in [-0.1, -0.05) is 13.8 Å². The van der Waals surface area contributed by atoms with E-state index in [1.807, 2.05) is 0 Å². The van der Waals surface area contributed by atoms with Crippen LogP contribution in [0.3, 0.4) is 0 Å². The molecule has 1 aliphatic rings. The summed E-state index contributed by atoms with van der Waals surface area (Å²) in [7, 11) is 0. The molecule has 1 N–H and O–H groups in total. The molecule has 1 saturated heterocycles. The highest BCUT2D eigenvalue weighted by Crippen LogP contribution is 2.16. The van der Waals surface area contributed by atoms with Gasteiger partial charge in [-0.3, -0.25) is 0 Å². The third kappa shape index (κ3) is 3.28. The molecule has 1 aliphatic heterocycles. The van der Waals surface area contributed by atoms with E-state index in [9.17, 15) is 0 Å². The van der Waals surface area contributed by atoms with E-state index in [-0.39, 0.29) is 0 Å². The molecule has 1 fully saturated rings. The van der Waals surface area contributed by atoms with E-state index < -0.39 is 0 Å². The van der Waals surface area contributed by atoms with Gasteiger partial charge in [-0.25, -0.2) is 0 Å². The summed E-state index contributed by atoms with van der Waals surface area (Å²) in [6, 6.07) is 0.728. The zero-order chi connectivity index (χ0) is 9.68. The maximum Gasteiger partial charge on any atom is 0.00796 e. The highest BCUT2D eigenvalue weighted by molar-refractivity contribution is 4.82. The Balaban J connectivity index is 2.27. The highest BCUT2D eigenvalue weighted by Gasteiger charge is 2.23. The molecule has 0 aromatic rings. The van der Waals surface area contributed by atoms with Gasteiger partial charge in [0.2, 0.25) is 0 Å². The summed E-state index contributed by atoms with van der Waals surface area (Å²) in [5.41, 5.74) is 0. The molecule has 0 aromatic heterocycles. The Morgan fingerprint density at radius 3 is 2.62 bits per heavy atom. The SMILES string of the molecule is CCCN(CC)CC1CCNC1C. The Morgan fingerprint density at radius 1 is 1.38 bits per heavy atom. The predicted molar refractivity (Wildman–Crippen MR) is 58.0 cm³/mol. The third-order valence-electron chi connectivity index (χ3n) is 3.17. The molecule has 0 radical (unpaired) electrons. The van der Waals surface area contributed by atoms with Crippen LogP contribution < -0.4 is 5.32 Å². The van der Waals surface area contributed by atoms with Gasteiger partial charge in [0.15, 0.2) is 0 Å². The van der Waals surface area contributed by atoms with Crippen LogP contribution in [0.15, 0.2) is 0 Å². The van der Waals surface area contributed by atoms with E-state index in [0.29, 0.717) is 0 Å². The molecule has 0 spiro atoms. The molecule has 0 saturated carbocycles. The van der Waals surface area contributed by atoms with Crippen molar-refractivity contribution in [2.45, 2.75) is 39.7 Å². The van der Waals surface area contributed by atoms with Crippen molar-refractivity contribution in [3.8, 4) is 0 Å². The van der Waals surface area contributed by atoms with Gasteiger partial charge >= 0.3 is 0 Å². The third-order valence-corrected chi connectivity index (χ3v) is 3.17. The fourth-order valence-corrected chi connectivity index (χ4v) is 2.19. The van der Waals surface area contributed by atoms with Crippen molar-refractivity contribution >= 4 is 0 Å². The van der Waals surface area contributed by atoms with Gasteiger partial charge in [0, 0.05) is 12.6 Å². The van der Waals surface area contributed by atoms with Crippen molar-refractivity contribution in [3.05, 3.63) is 0 Å². The first-order valence-corrected chi connectivity index (χ1v) is 5.73. The van der Waals surface area contributed by atoms with Crippen LogP contribution in [0, 0.1) is 5.92 Å². The molecule has 1 rings (SSSR count). The summed E-state index contributed by atoms with van der Waals surface area (Å²) in [6.45, 7) is 11.8. The average molecular weight is 184 g/mol. The minimum atomic E-state index is 0.728. The molecule has 78 valence electrons. The lowest BCUT2D eigenvalue weighted by Gasteiger charge is -2.25. The van der Waals surface area contributed by atoms with Crippen molar-refractivity contribution in [1.29, 1.82) is 0 Å². The lowest BCUT2D eigenvalue weighted by molar-refractivity contribution is 0.234. The lowest BCUT2D eigenvalue weighted by Crippen LogP contribution is -2.34. The van der Waals surface area contributed by atoms with Crippen LogP contribution in [0.25, 0.3) is 0 Å². The first-order chi connectivity index (χ1) is 6.27. The summed E-state index contributed by atoms with van der Waals surface area (Å²) in [6.07, 6.45) is 2.64. The molecule has 1 heterocycles. The van der Waals surface area contributed by atoms with Crippen molar-refractivity contribution in [2.24, 2.45) is 5.92 Å². The van der Waals surface area contributed by atoms with E-state index in [2.05, 4.69) is 31.0 Å². The van der Waals surface area contributed by atoms with Crippen molar-refractivity contribution < 1.29 is 0 Å². The Kier molecular flexibility index (Phi) is 4.74. The maximum atomic E-state index is 3.51. The number of rotatable bonds is 5. The second kappa shape index (κ2) is 5.61. The van der Waals surface area contributed by atoms with E-state index >= 15 is 0 Å². The number of hydrogen-bond donors (Lipinski definition) is 1. The largest absolute Gasteiger partial charge is 0.314 e. The van der Waals surface area contributed by atoms with Crippen LogP contribution in [0.2, 0.25) is 0 Å². The van der Waals surface area contributed by atoms with Gasteiger partial charge in [-0.05, 0) is 45.3 Å². The number of nitrogens with one attached hydrogen (secondary N) is 1. The minimum Gasteiger partial charge on any atom is -0.314 e. The molecule has 13 heavy (non-hydrogen) atoms. The maximum absolute atomic E-state index is 3.51. The molecular weight excluding hydrogens is 160 g/mol. The van der Waals surface area contributed by atoms with Crippen molar-refractivity contribution in [2.75, 3.05) is 26.2 Å². The Hall–Kier alpha value is -0.0800. The Morgan fingerprint density at radius 2 is 2.15 bits per heavy atom.